The van der Waals surface area contributed by atoms with Gasteiger partial charge in [0.25, 0.3) is 0 Å². The molecule has 7 heteroatoms. The fourth-order valence-electron chi connectivity index (χ4n) is 5.25. The van der Waals surface area contributed by atoms with Crippen LogP contribution in [0.15, 0.2) is 30.5 Å². The molecule has 0 bridgehead atoms. The Bertz CT molecular complexity index is 1160. The molecule has 1 aliphatic heterocycles. The molecule has 6 nitrogen and oxygen atoms in total. The summed E-state index contributed by atoms with van der Waals surface area (Å²) in [6.45, 7) is 9.12. The zero-order chi connectivity index (χ0) is 22.8. The molecule has 0 radical (unpaired) electrons. The quantitative estimate of drug-likeness (QED) is 0.570. The number of benzene rings is 1. The Morgan fingerprint density at radius 1 is 1.24 bits per heavy atom. The molecular weight excluding hydrogens is 428 g/mol. The first-order valence-electron chi connectivity index (χ1n) is 11.9. The molecule has 1 aromatic carbocycles. The van der Waals surface area contributed by atoms with Gasteiger partial charge in [-0.25, -0.2) is 4.98 Å². The third-order valence-electron chi connectivity index (χ3n) is 7.11. The summed E-state index contributed by atoms with van der Waals surface area (Å²) in [4.78, 5) is 18.0. The molecule has 0 saturated carbocycles. The van der Waals surface area contributed by atoms with Crippen molar-refractivity contribution in [3.8, 4) is 12.3 Å². The van der Waals surface area contributed by atoms with Crippen molar-refractivity contribution >= 4 is 33.1 Å². The largest absolute Gasteiger partial charge is 0.375 e. The molecule has 172 valence electrons. The van der Waals surface area contributed by atoms with Crippen LogP contribution >= 0.6 is 11.3 Å². The highest BCUT2D eigenvalue weighted by Crippen LogP contribution is 2.31. The Labute approximate surface area is 200 Å². The number of fused-ring (bicyclic) bond motifs is 2. The Hall–Kier alpha value is -2.66. The molecule has 2 N–H and O–H groups in total. The van der Waals surface area contributed by atoms with Gasteiger partial charge in [0.1, 0.15) is 0 Å². The van der Waals surface area contributed by atoms with Gasteiger partial charge in [0, 0.05) is 67.5 Å². The molecule has 1 saturated heterocycles. The highest BCUT2D eigenvalue weighted by atomic mass is 32.1. The predicted octanol–water partition coefficient (Wildman–Crippen LogP) is 3.20. The molecule has 2 aromatic heterocycles. The number of hydrogen-bond acceptors (Lipinski definition) is 7. The summed E-state index contributed by atoms with van der Waals surface area (Å²) in [6.07, 6.45) is 10.8. The lowest BCUT2D eigenvalue weighted by atomic mass is 9.96. The molecule has 0 spiro atoms. The van der Waals surface area contributed by atoms with Gasteiger partial charge in [-0.05, 0) is 49.9 Å². The van der Waals surface area contributed by atoms with Crippen LogP contribution in [0.1, 0.15) is 22.6 Å². The number of anilines is 2. The van der Waals surface area contributed by atoms with E-state index in [-0.39, 0.29) is 0 Å². The lowest BCUT2D eigenvalue weighted by Gasteiger charge is -2.38. The van der Waals surface area contributed by atoms with Crippen LogP contribution in [-0.4, -0.2) is 71.6 Å². The van der Waals surface area contributed by atoms with Gasteiger partial charge < -0.3 is 10.6 Å². The van der Waals surface area contributed by atoms with E-state index in [0.29, 0.717) is 17.7 Å². The summed E-state index contributed by atoms with van der Waals surface area (Å²) >= 11 is 1.64. The highest BCUT2D eigenvalue weighted by molar-refractivity contribution is 7.15. The minimum atomic E-state index is 0.487. The molecule has 3 aromatic rings. The van der Waals surface area contributed by atoms with Crippen LogP contribution in [0.4, 0.5) is 10.8 Å². The first-order chi connectivity index (χ1) is 16.1. The van der Waals surface area contributed by atoms with E-state index in [1.807, 2.05) is 12.3 Å². The number of pyridine rings is 1. The van der Waals surface area contributed by atoms with E-state index in [9.17, 15) is 0 Å². The van der Waals surface area contributed by atoms with E-state index < -0.39 is 0 Å². The lowest BCUT2D eigenvalue weighted by molar-refractivity contribution is 0.161. The zero-order valence-electron chi connectivity index (χ0n) is 19.3. The molecule has 1 fully saturated rings. The van der Waals surface area contributed by atoms with Crippen molar-refractivity contribution in [1.82, 2.24) is 19.8 Å². The number of piperazine rings is 1. The Balaban J connectivity index is 1.18. The van der Waals surface area contributed by atoms with Crippen LogP contribution in [0.3, 0.4) is 0 Å². The standard InChI is InChI=1S/C26H32N6S/c1-3-11-31(20-7-8-22-24(18-20)33-26(27)29-22)15-12-30-13-16-32(17-14-30)23-9-6-19(2)25-21(23)5-4-10-28-25/h1,4-6,9-10,20H,7-8,11-18H2,2H3,(H2,27,29). The SMILES string of the molecule is C#CCN(CCN1CCN(c2ccc(C)c3ncccc23)CC1)C1CCc2nc(N)sc2C1. The van der Waals surface area contributed by atoms with Crippen molar-refractivity contribution in [3.05, 3.63) is 46.6 Å². The third kappa shape index (κ3) is 4.70. The first-order valence-corrected chi connectivity index (χ1v) is 12.7. The molecule has 0 amide bonds. The van der Waals surface area contributed by atoms with Crippen molar-refractivity contribution in [2.45, 2.75) is 32.2 Å². The first kappa shape index (κ1) is 22.1. The Kier molecular flexibility index (Phi) is 6.50. The summed E-state index contributed by atoms with van der Waals surface area (Å²) in [7, 11) is 0. The zero-order valence-corrected chi connectivity index (χ0v) is 20.2. The Morgan fingerprint density at radius 3 is 2.91 bits per heavy atom. The second-order valence-electron chi connectivity index (χ2n) is 9.12. The second kappa shape index (κ2) is 9.68. The highest BCUT2D eigenvalue weighted by Gasteiger charge is 2.27. The number of nitrogens with two attached hydrogens (primary N) is 1. The van der Waals surface area contributed by atoms with Gasteiger partial charge in [0.05, 0.1) is 17.8 Å². The van der Waals surface area contributed by atoms with Gasteiger partial charge in [-0.3, -0.25) is 14.8 Å². The summed E-state index contributed by atoms with van der Waals surface area (Å²) in [5, 5.41) is 1.95. The summed E-state index contributed by atoms with van der Waals surface area (Å²) in [5.74, 6) is 2.89. The number of nitrogens with zero attached hydrogens (tertiary/aromatic N) is 5. The van der Waals surface area contributed by atoms with Crippen LogP contribution in [0.5, 0.6) is 0 Å². The van der Waals surface area contributed by atoms with E-state index in [1.165, 1.54) is 27.2 Å². The predicted molar refractivity (Wildman–Crippen MR) is 138 cm³/mol. The van der Waals surface area contributed by atoms with Crippen molar-refractivity contribution in [2.24, 2.45) is 0 Å². The molecule has 1 unspecified atom stereocenters. The molecule has 1 aliphatic carbocycles. The minimum Gasteiger partial charge on any atom is -0.375 e. The van der Waals surface area contributed by atoms with Crippen LogP contribution in [0.25, 0.3) is 10.9 Å². The van der Waals surface area contributed by atoms with Crippen molar-refractivity contribution in [3.63, 3.8) is 0 Å². The maximum Gasteiger partial charge on any atom is 0.180 e. The van der Waals surface area contributed by atoms with Gasteiger partial charge >= 0.3 is 0 Å². The van der Waals surface area contributed by atoms with Crippen LogP contribution in [0.2, 0.25) is 0 Å². The number of aryl methyl sites for hydroxylation is 2. The van der Waals surface area contributed by atoms with E-state index in [0.717, 1.165) is 64.0 Å². The molecule has 2 aliphatic rings. The molecular formula is C26H32N6S. The van der Waals surface area contributed by atoms with E-state index in [1.54, 1.807) is 11.3 Å². The van der Waals surface area contributed by atoms with Crippen LogP contribution in [-0.2, 0) is 12.8 Å². The maximum absolute atomic E-state index is 5.93. The maximum atomic E-state index is 5.93. The van der Waals surface area contributed by atoms with Crippen molar-refractivity contribution in [1.29, 1.82) is 0 Å². The van der Waals surface area contributed by atoms with E-state index in [2.05, 4.69) is 55.7 Å². The van der Waals surface area contributed by atoms with Gasteiger partial charge in [0.15, 0.2) is 5.13 Å². The fourth-order valence-corrected chi connectivity index (χ4v) is 6.20. The van der Waals surface area contributed by atoms with E-state index >= 15 is 0 Å². The van der Waals surface area contributed by atoms with Gasteiger partial charge in [-0.1, -0.05) is 12.0 Å². The smallest absolute Gasteiger partial charge is 0.180 e. The average Bonchev–Trinajstić information content (AvgIpc) is 3.22. The normalized spacial score (nSPS) is 19.1. The van der Waals surface area contributed by atoms with E-state index in [4.69, 9.17) is 12.2 Å². The fraction of sp³-hybridized carbons (Fsp3) is 0.462. The summed E-state index contributed by atoms with van der Waals surface area (Å²) in [6, 6.07) is 9.17. The number of rotatable bonds is 6. The summed E-state index contributed by atoms with van der Waals surface area (Å²) < 4.78 is 0. The second-order valence-corrected chi connectivity index (χ2v) is 10.2. The molecule has 3 heterocycles. The number of nitrogen functional groups attached to an aromatic ring is 1. The number of hydrogen-bond donors (Lipinski definition) is 1. The number of aromatic nitrogens is 2. The lowest BCUT2D eigenvalue weighted by Crippen LogP contribution is -2.50. The monoisotopic (exact) mass is 460 g/mol. The molecule has 33 heavy (non-hydrogen) atoms. The average molecular weight is 461 g/mol. The molecule has 5 rings (SSSR count). The van der Waals surface area contributed by atoms with Crippen LogP contribution in [0, 0.1) is 19.3 Å². The van der Waals surface area contributed by atoms with Crippen LogP contribution < -0.4 is 10.6 Å². The third-order valence-corrected chi connectivity index (χ3v) is 8.05. The van der Waals surface area contributed by atoms with Crippen molar-refractivity contribution in [2.75, 3.05) is 56.4 Å². The number of terminal acetylenes is 1. The summed E-state index contributed by atoms with van der Waals surface area (Å²) in [5.41, 5.74) is 10.8. The van der Waals surface area contributed by atoms with Gasteiger partial charge in [-0.15, -0.1) is 17.8 Å². The van der Waals surface area contributed by atoms with Gasteiger partial charge in [-0.2, -0.15) is 0 Å². The Morgan fingerprint density at radius 2 is 2.09 bits per heavy atom. The molecule has 1 atom stereocenters. The topological polar surface area (TPSA) is 61.5 Å². The van der Waals surface area contributed by atoms with Crippen molar-refractivity contribution < 1.29 is 0 Å². The number of thiazole rings is 1. The minimum absolute atomic E-state index is 0.487. The van der Waals surface area contributed by atoms with Gasteiger partial charge in [0.2, 0.25) is 0 Å².